The number of hydrogen-bond acceptors (Lipinski definition) is 4. The Morgan fingerprint density at radius 1 is 1.50 bits per heavy atom. The lowest BCUT2D eigenvalue weighted by molar-refractivity contribution is -0.140. The fourth-order valence-corrected chi connectivity index (χ4v) is 1.36. The molecule has 2 amide bonds. The second-order valence-corrected chi connectivity index (χ2v) is 3.79. The van der Waals surface area contributed by atoms with Crippen molar-refractivity contribution in [2.24, 2.45) is 5.73 Å². The van der Waals surface area contributed by atoms with Gasteiger partial charge >= 0.3 is 5.97 Å². The molecule has 0 aromatic carbocycles. The molecule has 8 heteroatoms. The standard InChI is InChI=1S/C10H10ClN3O4/c11-7-3-5(1-2-13-7)9(16)14-6(10(17)18)4-8(12)15/h1-3,6H,4H2,(H2,12,15)(H,14,16)(H,17,18). The van der Waals surface area contributed by atoms with E-state index in [1.54, 1.807) is 0 Å². The smallest absolute Gasteiger partial charge is 0.326 e. The maximum Gasteiger partial charge on any atom is 0.326 e. The van der Waals surface area contributed by atoms with E-state index >= 15 is 0 Å². The van der Waals surface area contributed by atoms with Crippen LogP contribution in [0.15, 0.2) is 18.3 Å². The normalized spacial score (nSPS) is 11.6. The summed E-state index contributed by atoms with van der Waals surface area (Å²) in [6, 6.07) is 1.27. The maximum atomic E-state index is 11.7. The van der Waals surface area contributed by atoms with Crippen LogP contribution in [0.25, 0.3) is 0 Å². The van der Waals surface area contributed by atoms with E-state index in [0.29, 0.717) is 0 Å². The number of amides is 2. The number of aliphatic carboxylic acids is 1. The number of pyridine rings is 1. The number of carboxylic acid groups (broad SMARTS) is 1. The van der Waals surface area contributed by atoms with Crippen molar-refractivity contribution in [1.29, 1.82) is 0 Å². The van der Waals surface area contributed by atoms with Crippen LogP contribution in [0.3, 0.4) is 0 Å². The lowest BCUT2D eigenvalue weighted by Gasteiger charge is -2.12. The van der Waals surface area contributed by atoms with Crippen LogP contribution in [-0.2, 0) is 9.59 Å². The van der Waals surface area contributed by atoms with Crippen LogP contribution in [0.5, 0.6) is 0 Å². The highest BCUT2D eigenvalue weighted by Gasteiger charge is 2.22. The van der Waals surface area contributed by atoms with Gasteiger partial charge in [-0.05, 0) is 12.1 Å². The number of nitrogens with two attached hydrogens (primary N) is 1. The summed E-state index contributed by atoms with van der Waals surface area (Å²) < 4.78 is 0. The number of primary amides is 1. The Kier molecular flexibility index (Phi) is 4.61. The predicted octanol–water partition coefficient (Wildman–Crippen LogP) is -0.207. The number of hydrogen-bond donors (Lipinski definition) is 3. The van der Waals surface area contributed by atoms with Crippen LogP contribution >= 0.6 is 11.6 Å². The molecule has 1 aromatic rings. The molecule has 18 heavy (non-hydrogen) atoms. The number of carboxylic acids is 1. The highest BCUT2D eigenvalue weighted by atomic mass is 35.5. The van der Waals surface area contributed by atoms with Crippen molar-refractivity contribution in [2.75, 3.05) is 0 Å². The predicted molar refractivity (Wildman–Crippen MR) is 61.9 cm³/mol. The van der Waals surface area contributed by atoms with Gasteiger partial charge in [-0.25, -0.2) is 9.78 Å². The van der Waals surface area contributed by atoms with Crippen molar-refractivity contribution < 1.29 is 19.5 Å². The topological polar surface area (TPSA) is 122 Å². The molecular weight excluding hydrogens is 262 g/mol. The van der Waals surface area contributed by atoms with Gasteiger partial charge in [-0.2, -0.15) is 0 Å². The Bertz CT molecular complexity index is 492. The van der Waals surface area contributed by atoms with E-state index in [2.05, 4.69) is 10.3 Å². The molecule has 1 atom stereocenters. The van der Waals surface area contributed by atoms with Crippen LogP contribution in [0.4, 0.5) is 0 Å². The summed E-state index contributed by atoms with van der Waals surface area (Å²) in [6.07, 6.45) is 0.820. The zero-order chi connectivity index (χ0) is 13.7. The number of nitrogens with zero attached hydrogens (tertiary/aromatic N) is 1. The molecule has 1 rings (SSSR count). The van der Waals surface area contributed by atoms with E-state index in [0.717, 1.165) is 0 Å². The molecule has 1 unspecified atom stereocenters. The average Bonchev–Trinajstić information content (AvgIpc) is 2.27. The van der Waals surface area contributed by atoms with E-state index in [1.807, 2.05) is 0 Å². The first-order chi connectivity index (χ1) is 8.40. The summed E-state index contributed by atoms with van der Waals surface area (Å²) in [5.74, 6) is -2.84. The molecule has 7 nitrogen and oxygen atoms in total. The Morgan fingerprint density at radius 2 is 2.17 bits per heavy atom. The number of carbonyl (C=O) groups excluding carboxylic acids is 2. The third-order valence-electron chi connectivity index (χ3n) is 2.00. The molecule has 0 aliphatic carbocycles. The first-order valence-corrected chi connectivity index (χ1v) is 5.21. The molecule has 0 saturated heterocycles. The lowest BCUT2D eigenvalue weighted by Crippen LogP contribution is -2.43. The Labute approximate surface area is 107 Å². The third-order valence-corrected chi connectivity index (χ3v) is 2.20. The van der Waals surface area contributed by atoms with Crippen LogP contribution < -0.4 is 11.1 Å². The molecule has 4 N–H and O–H groups in total. The van der Waals surface area contributed by atoms with Gasteiger partial charge in [0.15, 0.2) is 0 Å². The van der Waals surface area contributed by atoms with Gasteiger partial charge in [0.2, 0.25) is 5.91 Å². The van der Waals surface area contributed by atoms with Crippen molar-refractivity contribution >= 4 is 29.4 Å². The highest BCUT2D eigenvalue weighted by molar-refractivity contribution is 6.29. The Hall–Kier alpha value is -2.15. The minimum absolute atomic E-state index is 0.101. The first kappa shape index (κ1) is 13.9. The summed E-state index contributed by atoms with van der Waals surface area (Å²) in [5, 5.41) is 11.1. The SMILES string of the molecule is NC(=O)CC(NC(=O)c1ccnc(Cl)c1)C(=O)O. The van der Waals surface area contributed by atoms with Crippen molar-refractivity contribution in [1.82, 2.24) is 10.3 Å². The molecule has 0 radical (unpaired) electrons. The van der Waals surface area contributed by atoms with Crippen LogP contribution in [0.1, 0.15) is 16.8 Å². The van der Waals surface area contributed by atoms with E-state index < -0.39 is 30.2 Å². The number of aromatic nitrogens is 1. The molecule has 0 aliphatic heterocycles. The van der Waals surface area contributed by atoms with E-state index in [1.165, 1.54) is 18.3 Å². The average molecular weight is 272 g/mol. The zero-order valence-corrected chi connectivity index (χ0v) is 9.85. The zero-order valence-electron chi connectivity index (χ0n) is 9.09. The molecule has 0 aliphatic rings. The fourth-order valence-electron chi connectivity index (χ4n) is 1.19. The monoisotopic (exact) mass is 271 g/mol. The second-order valence-electron chi connectivity index (χ2n) is 3.40. The van der Waals surface area contributed by atoms with E-state index in [4.69, 9.17) is 22.4 Å². The van der Waals surface area contributed by atoms with Gasteiger partial charge in [-0.3, -0.25) is 9.59 Å². The Morgan fingerprint density at radius 3 is 2.67 bits per heavy atom. The van der Waals surface area contributed by atoms with Gasteiger partial charge in [0, 0.05) is 11.8 Å². The van der Waals surface area contributed by atoms with Crippen LogP contribution in [0, 0.1) is 0 Å². The minimum atomic E-state index is -1.37. The number of halogens is 1. The molecule has 96 valence electrons. The van der Waals surface area contributed by atoms with Crippen molar-refractivity contribution in [3.05, 3.63) is 29.0 Å². The number of nitrogens with one attached hydrogen (secondary N) is 1. The van der Waals surface area contributed by atoms with Gasteiger partial charge in [-0.1, -0.05) is 11.6 Å². The summed E-state index contributed by atoms with van der Waals surface area (Å²) in [7, 11) is 0. The van der Waals surface area contributed by atoms with E-state index in [-0.39, 0.29) is 10.7 Å². The molecule has 0 saturated carbocycles. The molecule has 0 spiro atoms. The van der Waals surface area contributed by atoms with Gasteiger partial charge in [0.1, 0.15) is 11.2 Å². The summed E-state index contributed by atoms with van der Waals surface area (Å²) in [4.78, 5) is 36.8. The quantitative estimate of drug-likeness (QED) is 0.640. The highest BCUT2D eigenvalue weighted by Crippen LogP contribution is 2.07. The largest absolute Gasteiger partial charge is 0.480 e. The maximum absolute atomic E-state index is 11.7. The second kappa shape index (κ2) is 5.97. The van der Waals surface area contributed by atoms with Crippen LogP contribution in [-0.4, -0.2) is 33.9 Å². The molecule has 1 heterocycles. The molecular formula is C10H10ClN3O4. The van der Waals surface area contributed by atoms with E-state index in [9.17, 15) is 14.4 Å². The van der Waals surface area contributed by atoms with Gasteiger partial charge < -0.3 is 16.2 Å². The number of rotatable bonds is 5. The minimum Gasteiger partial charge on any atom is -0.480 e. The van der Waals surface area contributed by atoms with Crippen LogP contribution in [0.2, 0.25) is 5.15 Å². The lowest BCUT2D eigenvalue weighted by atomic mass is 10.1. The summed E-state index contributed by atoms with van der Waals surface area (Å²) in [6.45, 7) is 0. The summed E-state index contributed by atoms with van der Waals surface area (Å²) >= 11 is 5.59. The van der Waals surface area contributed by atoms with Crippen molar-refractivity contribution in [2.45, 2.75) is 12.5 Å². The van der Waals surface area contributed by atoms with Gasteiger partial charge in [0.05, 0.1) is 6.42 Å². The molecule has 0 bridgehead atoms. The molecule has 0 fully saturated rings. The first-order valence-electron chi connectivity index (χ1n) is 4.83. The van der Waals surface area contributed by atoms with Crippen molar-refractivity contribution in [3.8, 4) is 0 Å². The Balaban J connectivity index is 2.78. The fraction of sp³-hybridized carbons (Fsp3) is 0.200. The third kappa shape index (κ3) is 4.02. The van der Waals surface area contributed by atoms with Gasteiger partial charge in [-0.15, -0.1) is 0 Å². The number of carbonyl (C=O) groups is 3. The van der Waals surface area contributed by atoms with Gasteiger partial charge in [0.25, 0.3) is 5.91 Å². The molecule has 1 aromatic heterocycles. The van der Waals surface area contributed by atoms with Crippen molar-refractivity contribution in [3.63, 3.8) is 0 Å². The summed E-state index contributed by atoms with van der Waals surface area (Å²) in [5.41, 5.74) is 5.03.